The van der Waals surface area contributed by atoms with Crippen LogP contribution in [0.25, 0.3) is 0 Å². The lowest BCUT2D eigenvalue weighted by atomic mass is 10.0. The van der Waals surface area contributed by atoms with Crippen molar-refractivity contribution in [1.29, 1.82) is 0 Å². The molecular formula is C14H21N. The van der Waals surface area contributed by atoms with Crippen LogP contribution < -0.4 is 5.73 Å². The summed E-state index contributed by atoms with van der Waals surface area (Å²) in [7, 11) is 0. The van der Waals surface area contributed by atoms with Gasteiger partial charge in [0.1, 0.15) is 0 Å². The third-order valence-electron chi connectivity index (χ3n) is 3.33. The van der Waals surface area contributed by atoms with Gasteiger partial charge in [-0.25, -0.2) is 0 Å². The molecule has 0 heterocycles. The first-order chi connectivity index (χ1) is 7.40. The topological polar surface area (TPSA) is 26.0 Å². The molecular weight excluding hydrogens is 182 g/mol. The van der Waals surface area contributed by atoms with E-state index in [9.17, 15) is 0 Å². The summed E-state index contributed by atoms with van der Waals surface area (Å²) in [6.07, 6.45) is 8.91. The van der Waals surface area contributed by atoms with Gasteiger partial charge in [-0.3, -0.25) is 0 Å². The summed E-state index contributed by atoms with van der Waals surface area (Å²) in [5.41, 5.74) is 10.2. The van der Waals surface area contributed by atoms with Gasteiger partial charge >= 0.3 is 0 Å². The minimum Gasteiger partial charge on any atom is -0.330 e. The monoisotopic (exact) mass is 203 g/mol. The van der Waals surface area contributed by atoms with Crippen LogP contribution >= 0.6 is 0 Å². The molecule has 0 radical (unpaired) electrons. The highest BCUT2D eigenvalue weighted by Gasteiger charge is 2.10. The third-order valence-corrected chi connectivity index (χ3v) is 3.33. The van der Waals surface area contributed by atoms with Crippen LogP contribution in [-0.2, 0) is 19.3 Å². The normalized spacial score (nSPS) is 14.2. The number of aryl methyl sites for hydroxylation is 3. The lowest BCUT2D eigenvalue weighted by Gasteiger charge is -2.04. The van der Waals surface area contributed by atoms with E-state index in [2.05, 4.69) is 18.2 Å². The summed E-state index contributed by atoms with van der Waals surface area (Å²) in [5.74, 6) is 0. The van der Waals surface area contributed by atoms with Crippen molar-refractivity contribution in [2.75, 3.05) is 6.54 Å². The molecule has 0 atom stereocenters. The fourth-order valence-electron chi connectivity index (χ4n) is 2.43. The summed E-state index contributed by atoms with van der Waals surface area (Å²) in [5, 5.41) is 0. The van der Waals surface area contributed by atoms with Crippen molar-refractivity contribution in [3.8, 4) is 0 Å². The Kier molecular flexibility index (Phi) is 3.79. The number of unbranched alkanes of at least 4 members (excludes halogenated alkanes) is 2. The number of nitrogens with two attached hydrogens (primary N) is 1. The van der Waals surface area contributed by atoms with Gasteiger partial charge in [-0.15, -0.1) is 0 Å². The Labute approximate surface area is 92.7 Å². The van der Waals surface area contributed by atoms with Gasteiger partial charge in [-0.1, -0.05) is 24.6 Å². The highest BCUT2D eigenvalue weighted by Crippen LogP contribution is 2.23. The van der Waals surface area contributed by atoms with Gasteiger partial charge in [0, 0.05) is 0 Å². The van der Waals surface area contributed by atoms with Gasteiger partial charge in [0.25, 0.3) is 0 Å². The lowest BCUT2D eigenvalue weighted by molar-refractivity contribution is 0.686. The van der Waals surface area contributed by atoms with Crippen molar-refractivity contribution >= 4 is 0 Å². The van der Waals surface area contributed by atoms with E-state index >= 15 is 0 Å². The van der Waals surface area contributed by atoms with Crippen molar-refractivity contribution in [2.45, 2.75) is 44.9 Å². The molecule has 1 aliphatic carbocycles. The van der Waals surface area contributed by atoms with Crippen LogP contribution in [0.1, 0.15) is 42.4 Å². The molecule has 0 aromatic heterocycles. The highest BCUT2D eigenvalue weighted by atomic mass is 14.5. The van der Waals surface area contributed by atoms with Crippen LogP contribution in [0.15, 0.2) is 18.2 Å². The Morgan fingerprint density at radius 2 is 1.87 bits per heavy atom. The molecule has 0 saturated carbocycles. The van der Waals surface area contributed by atoms with Gasteiger partial charge in [-0.2, -0.15) is 0 Å². The van der Waals surface area contributed by atoms with E-state index in [4.69, 9.17) is 5.73 Å². The van der Waals surface area contributed by atoms with E-state index in [0.29, 0.717) is 0 Å². The molecule has 0 amide bonds. The average molecular weight is 203 g/mol. The van der Waals surface area contributed by atoms with Crippen LogP contribution in [0.4, 0.5) is 0 Å². The van der Waals surface area contributed by atoms with Gasteiger partial charge in [0.2, 0.25) is 0 Å². The maximum absolute atomic E-state index is 5.48. The standard InChI is InChI=1S/C14H21N/c15-10-3-1-2-5-12-8-9-13-6-4-7-14(13)11-12/h8-9,11H,1-7,10,15H2. The number of rotatable bonds is 5. The Hall–Kier alpha value is -0.820. The third kappa shape index (κ3) is 2.82. The second-order valence-corrected chi connectivity index (χ2v) is 4.56. The predicted molar refractivity (Wildman–Crippen MR) is 65.1 cm³/mol. The van der Waals surface area contributed by atoms with Crippen LogP contribution in [0.2, 0.25) is 0 Å². The largest absolute Gasteiger partial charge is 0.330 e. The summed E-state index contributed by atoms with van der Waals surface area (Å²) >= 11 is 0. The molecule has 1 aromatic carbocycles. The van der Waals surface area contributed by atoms with Gasteiger partial charge in [0.15, 0.2) is 0 Å². The molecule has 0 unspecified atom stereocenters. The molecule has 1 heteroatoms. The Bertz CT molecular complexity index is 317. The lowest BCUT2D eigenvalue weighted by Crippen LogP contribution is -1.98. The molecule has 82 valence electrons. The number of fused-ring (bicyclic) bond motifs is 1. The van der Waals surface area contributed by atoms with Crippen LogP contribution in [0, 0.1) is 0 Å². The fraction of sp³-hybridized carbons (Fsp3) is 0.571. The number of hydrogen-bond donors (Lipinski definition) is 1. The molecule has 0 bridgehead atoms. The molecule has 0 spiro atoms. The number of benzene rings is 1. The van der Waals surface area contributed by atoms with Gasteiger partial charge < -0.3 is 5.73 Å². The van der Waals surface area contributed by atoms with Crippen molar-refractivity contribution in [3.05, 3.63) is 34.9 Å². The van der Waals surface area contributed by atoms with E-state index < -0.39 is 0 Å². The van der Waals surface area contributed by atoms with Crippen molar-refractivity contribution in [2.24, 2.45) is 5.73 Å². The summed E-state index contributed by atoms with van der Waals surface area (Å²) in [6, 6.07) is 7.07. The molecule has 1 nitrogen and oxygen atoms in total. The van der Waals surface area contributed by atoms with Crippen molar-refractivity contribution in [3.63, 3.8) is 0 Å². The van der Waals surface area contributed by atoms with Gasteiger partial charge in [0.05, 0.1) is 0 Å². The van der Waals surface area contributed by atoms with E-state index in [-0.39, 0.29) is 0 Å². The fourth-order valence-corrected chi connectivity index (χ4v) is 2.43. The smallest absolute Gasteiger partial charge is 0.00773 e. The quantitative estimate of drug-likeness (QED) is 0.732. The van der Waals surface area contributed by atoms with E-state index in [1.54, 1.807) is 11.1 Å². The first-order valence-corrected chi connectivity index (χ1v) is 6.21. The van der Waals surface area contributed by atoms with E-state index in [1.807, 2.05) is 0 Å². The van der Waals surface area contributed by atoms with E-state index in [0.717, 1.165) is 6.54 Å². The first-order valence-electron chi connectivity index (χ1n) is 6.21. The zero-order chi connectivity index (χ0) is 10.5. The minimum absolute atomic E-state index is 0.837. The second-order valence-electron chi connectivity index (χ2n) is 4.56. The highest BCUT2D eigenvalue weighted by molar-refractivity contribution is 5.35. The minimum atomic E-state index is 0.837. The zero-order valence-corrected chi connectivity index (χ0v) is 9.47. The average Bonchev–Trinajstić information content (AvgIpc) is 2.71. The molecule has 15 heavy (non-hydrogen) atoms. The molecule has 0 fully saturated rings. The summed E-state index contributed by atoms with van der Waals surface area (Å²) < 4.78 is 0. The maximum Gasteiger partial charge on any atom is -0.00773 e. The SMILES string of the molecule is NCCCCCc1ccc2c(c1)CCC2. The molecule has 1 aliphatic rings. The summed E-state index contributed by atoms with van der Waals surface area (Å²) in [6.45, 7) is 0.837. The van der Waals surface area contributed by atoms with Crippen LogP contribution in [0.5, 0.6) is 0 Å². The van der Waals surface area contributed by atoms with Crippen LogP contribution in [0.3, 0.4) is 0 Å². The summed E-state index contributed by atoms with van der Waals surface area (Å²) in [4.78, 5) is 0. The van der Waals surface area contributed by atoms with Crippen LogP contribution in [-0.4, -0.2) is 6.54 Å². The Balaban J connectivity index is 1.87. The second kappa shape index (κ2) is 5.32. The Morgan fingerprint density at radius 3 is 2.73 bits per heavy atom. The van der Waals surface area contributed by atoms with Crippen molar-refractivity contribution < 1.29 is 0 Å². The first kappa shape index (κ1) is 10.7. The molecule has 0 saturated heterocycles. The Morgan fingerprint density at radius 1 is 1.00 bits per heavy atom. The zero-order valence-electron chi connectivity index (χ0n) is 9.47. The maximum atomic E-state index is 5.48. The molecule has 2 N–H and O–H groups in total. The van der Waals surface area contributed by atoms with E-state index in [1.165, 1.54) is 50.5 Å². The van der Waals surface area contributed by atoms with Crippen molar-refractivity contribution in [1.82, 2.24) is 0 Å². The van der Waals surface area contributed by atoms with Gasteiger partial charge in [-0.05, 0) is 61.8 Å². The molecule has 2 rings (SSSR count). The molecule has 1 aromatic rings. The number of hydrogen-bond acceptors (Lipinski definition) is 1. The predicted octanol–water partition coefficient (Wildman–Crippen LogP) is 2.85. The molecule has 0 aliphatic heterocycles.